The second-order valence-corrected chi connectivity index (χ2v) is 6.27. The van der Waals surface area contributed by atoms with Crippen molar-refractivity contribution in [2.45, 2.75) is 19.1 Å². The molecule has 1 saturated heterocycles. The van der Waals surface area contributed by atoms with E-state index in [0.717, 1.165) is 12.1 Å². The maximum atomic E-state index is 12.8. The molecule has 2 rings (SSSR count). The van der Waals surface area contributed by atoms with Gasteiger partial charge in [0.1, 0.15) is 0 Å². The summed E-state index contributed by atoms with van der Waals surface area (Å²) in [4.78, 5) is 25.7. The Labute approximate surface area is 155 Å². The maximum Gasteiger partial charge on any atom is 0.416 e. The van der Waals surface area contributed by atoms with Crippen molar-refractivity contribution >= 4 is 11.8 Å². The minimum atomic E-state index is -4.43. The van der Waals surface area contributed by atoms with Crippen LogP contribution in [0.15, 0.2) is 24.3 Å². The number of alkyl halides is 3. The lowest BCUT2D eigenvalue weighted by Crippen LogP contribution is -2.35. The number of amides is 2. The van der Waals surface area contributed by atoms with E-state index < -0.39 is 17.7 Å². The molecule has 1 N–H and O–H groups in total. The fourth-order valence-electron chi connectivity index (χ4n) is 2.80. The van der Waals surface area contributed by atoms with Crippen LogP contribution in [0.2, 0.25) is 0 Å². The van der Waals surface area contributed by atoms with Crippen LogP contribution >= 0.6 is 0 Å². The number of rotatable bonds is 9. The standard InChI is InChI=1S/C18H23F3N2O4/c1-26-7-8-27-6-5-22-17(25)14-10-16(24)23(12-14)11-13-3-2-4-15(9-13)18(19,20)21/h2-4,9,14H,5-8,10-12H2,1H3,(H,22,25). The van der Waals surface area contributed by atoms with Gasteiger partial charge in [0.15, 0.2) is 0 Å². The van der Waals surface area contributed by atoms with Gasteiger partial charge in [-0.15, -0.1) is 0 Å². The Morgan fingerprint density at radius 1 is 1.30 bits per heavy atom. The quantitative estimate of drug-likeness (QED) is 0.656. The number of benzene rings is 1. The van der Waals surface area contributed by atoms with E-state index in [1.54, 1.807) is 7.11 Å². The van der Waals surface area contributed by atoms with Crippen LogP contribution in [-0.2, 0) is 31.8 Å². The van der Waals surface area contributed by atoms with E-state index in [0.29, 0.717) is 31.9 Å². The van der Waals surface area contributed by atoms with Crippen LogP contribution in [0.4, 0.5) is 13.2 Å². The molecule has 1 fully saturated rings. The maximum absolute atomic E-state index is 12.8. The number of nitrogens with one attached hydrogen (secondary N) is 1. The molecule has 1 aromatic carbocycles. The highest BCUT2D eigenvalue weighted by Gasteiger charge is 2.35. The van der Waals surface area contributed by atoms with Crippen molar-refractivity contribution in [3.63, 3.8) is 0 Å². The van der Waals surface area contributed by atoms with E-state index in [4.69, 9.17) is 9.47 Å². The summed E-state index contributed by atoms with van der Waals surface area (Å²) < 4.78 is 48.4. The van der Waals surface area contributed by atoms with Gasteiger partial charge in [0.25, 0.3) is 0 Å². The first-order valence-electron chi connectivity index (χ1n) is 8.59. The van der Waals surface area contributed by atoms with Gasteiger partial charge in [0, 0.05) is 33.2 Å². The number of ether oxygens (including phenoxy) is 2. The van der Waals surface area contributed by atoms with Crippen LogP contribution in [0.25, 0.3) is 0 Å². The summed E-state index contributed by atoms with van der Waals surface area (Å²) in [5.74, 6) is -1.02. The summed E-state index contributed by atoms with van der Waals surface area (Å²) in [5.41, 5.74) is -0.375. The molecule has 1 heterocycles. The molecule has 0 bridgehead atoms. The van der Waals surface area contributed by atoms with E-state index in [-0.39, 0.29) is 31.3 Å². The van der Waals surface area contributed by atoms with E-state index >= 15 is 0 Å². The minimum absolute atomic E-state index is 0.0483. The zero-order chi connectivity index (χ0) is 19.9. The number of carbonyl (C=O) groups is 2. The lowest BCUT2D eigenvalue weighted by molar-refractivity contribution is -0.137. The average molecular weight is 388 g/mol. The third kappa shape index (κ3) is 6.51. The summed E-state index contributed by atoms with van der Waals surface area (Å²) in [7, 11) is 1.56. The third-order valence-electron chi connectivity index (χ3n) is 4.19. The smallest absolute Gasteiger partial charge is 0.382 e. The molecule has 6 nitrogen and oxygen atoms in total. The number of hydrogen-bond acceptors (Lipinski definition) is 4. The molecule has 2 amide bonds. The highest BCUT2D eigenvalue weighted by atomic mass is 19.4. The van der Waals surface area contributed by atoms with Crippen molar-refractivity contribution in [2.75, 3.05) is 40.0 Å². The summed E-state index contributed by atoms with van der Waals surface area (Å²) in [6.07, 6.45) is -4.38. The Hall–Kier alpha value is -2.13. The molecule has 1 atom stereocenters. The number of methoxy groups -OCH3 is 1. The molecule has 9 heteroatoms. The van der Waals surface area contributed by atoms with Gasteiger partial charge in [-0.2, -0.15) is 13.2 Å². The van der Waals surface area contributed by atoms with E-state index in [9.17, 15) is 22.8 Å². The number of halogens is 3. The topological polar surface area (TPSA) is 67.9 Å². The van der Waals surface area contributed by atoms with Gasteiger partial charge in [-0.1, -0.05) is 12.1 Å². The van der Waals surface area contributed by atoms with Crippen LogP contribution in [0, 0.1) is 5.92 Å². The third-order valence-corrected chi connectivity index (χ3v) is 4.19. The first-order chi connectivity index (χ1) is 12.8. The van der Waals surface area contributed by atoms with Crippen molar-refractivity contribution in [3.05, 3.63) is 35.4 Å². The molecule has 150 valence electrons. The van der Waals surface area contributed by atoms with Gasteiger partial charge >= 0.3 is 6.18 Å². The molecule has 1 aliphatic heterocycles. The van der Waals surface area contributed by atoms with Gasteiger partial charge in [-0.3, -0.25) is 9.59 Å². The molecule has 0 aromatic heterocycles. The Balaban J connectivity index is 1.82. The normalized spacial score (nSPS) is 17.4. The van der Waals surface area contributed by atoms with Crippen LogP contribution in [0.1, 0.15) is 17.5 Å². The predicted octanol–water partition coefficient (Wildman–Crippen LogP) is 1.83. The Bertz CT molecular complexity index is 652. The van der Waals surface area contributed by atoms with Gasteiger partial charge in [0.05, 0.1) is 31.3 Å². The Morgan fingerprint density at radius 3 is 2.78 bits per heavy atom. The zero-order valence-corrected chi connectivity index (χ0v) is 15.1. The van der Waals surface area contributed by atoms with Gasteiger partial charge in [-0.05, 0) is 17.7 Å². The van der Waals surface area contributed by atoms with Gasteiger partial charge < -0.3 is 19.7 Å². The van der Waals surface area contributed by atoms with Crippen LogP contribution < -0.4 is 5.32 Å². The second-order valence-electron chi connectivity index (χ2n) is 6.27. The molecular formula is C18H23F3N2O4. The van der Waals surface area contributed by atoms with Crippen molar-refractivity contribution in [3.8, 4) is 0 Å². The average Bonchev–Trinajstić information content (AvgIpc) is 2.98. The van der Waals surface area contributed by atoms with Crippen molar-refractivity contribution in [1.29, 1.82) is 0 Å². The predicted molar refractivity (Wildman–Crippen MR) is 90.7 cm³/mol. The summed E-state index contributed by atoms with van der Waals surface area (Å²) in [6.45, 7) is 1.79. The molecule has 0 radical (unpaired) electrons. The van der Waals surface area contributed by atoms with Crippen molar-refractivity contribution in [2.24, 2.45) is 5.92 Å². The van der Waals surface area contributed by atoms with Crippen molar-refractivity contribution in [1.82, 2.24) is 10.2 Å². The van der Waals surface area contributed by atoms with E-state index in [2.05, 4.69) is 5.32 Å². The van der Waals surface area contributed by atoms with Crippen molar-refractivity contribution < 1.29 is 32.2 Å². The molecule has 1 aromatic rings. The molecule has 0 aliphatic carbocycles. The number of likely N-dealkylation sites (tertiary alicyclic amines) is 1. The molecule has 1 unspecified atom stereocenters. The van der Waals surface area contributed by atoms with E-state index in [1.165, 1.54) is 17.0 Å². The summed E-state index contributed by atoms with van der Waals surface area (Å²) in [6, 6.07) is 4.86. The van der Waals surface area contributed by atoms with Crippen LogP contribution in [0.3, 0.4) is 0 Å². The second kappa shape index (κ2) is 9.70. The highest BCUT2D eigenvalue weighted by molar-refractivity contribution is 5.89. The van der Waals surface area contributed by atoms with Crippen LogP contribution in [0.5, 0.6) is 0 Å². The molecule has 0 spiro atoms. The summed E-state index contributed by atoms with van der Waals surface area (Å²) >= 11 is 0. The lowest BCUT2D eigenvalue weighted by atomic mass is 10.1. The van der Waals surface area contributed by atoms with E-state index in [1.807, 2.05) is 0 Å². The number of nitrogens with zero attached hydrogens (tertiary/aromatic N) is 1. The first-order valence-corrected chi connectivity index (χ1v) is 8.59. The number of hydrogen-bond donors (Lipinski definition) is 1. The first kappa shape index (κ1) is 21.2. The monoisotopic (exact) mass is 388 g/mol. The number of carbonyl (C=O) groups excluding carboxylic acids is 2. The molecule has 0 saturated carbocycles. The molecule has 27 heavy (non-hydrogen) atoms. The van der Waals surface area contributed by atoms with Crippen LogP contribution in [-0.4, -0.2) is 56.7 Å². The van der Waals surface area contributed by atoms with Gasteiger partial charge in [0.2, 0.25) is 11.8 Å². The summed E-state index contributed by atoms with van der Waals surface area (Å²) in [5, 5.41) is 2.70. The largest absolute Gasteiger partial charge is 0.416 e. The SMILES string of the molecule is COCCOCCNC(=O)C1CC(=O)N(Cc2cccc(C(F)(F)F)c2)C1. The molecular weight excluding hydrogens is 365 g/mol. The Morgan fingerprint density at radius 2 is 2.07 bits per heavy atom. The fraction of sp³-hybridized carbons (Fsp3) is 0.556. The van der Waals surface area contributed by atoms with Gasteiger partial charge in [-0.25, -0.2) is 0 Å². The zero-order valence-electron chi connectivity index (χ0n) is 15.1. The lowest BCUT2D eigenvalue weighted by Gasteiger charge is -2.17. The molecule has 1 aliphatic rings. The fourth-order valence-corrected chi connectivity index (χ4v) is 2.80. The highest BCUT2D eigenvalue weighted by Crippen LogP contribution is 2.30. The minimum Gasteiger partial charge on any atom is -0.382 e. The Kier molecular flexibility index (Phi) is 7.61.